The van der Waals surface area contributed by atoms with Crippen molar-refractivity contribution in [3.8, 4) is 0 Å². The first-order valence-electron chi connectivity index (χ1n) is 9.07. The van der Waals surface area contributed by atoms with Crippen molar-refractivity contribution in [2.24, 2.45) is 4.99 Å². The average molecular weight is 403 g/mol. The number of sulfonamides is 1. The third-order valence-electron chi connectivity index (χ3n) is 4.30. The van der Waals surface area contributed by atoms with Gasteiger partial charge >= 0.3 is 0 Å². The molecule has 1 aliphatic rings. The fourth-order valence-electron chi connectivity index (χ4n) is 2.71. The molecule has 1 aromatic heterocycles. The minimum Gasteiger partial charge on any atom is -0.377 e. The van der Waals surface area contributed by atoms with E-state index in [9.17, 15) is 8.42 Å². The molecule has 1 saturated heterocycles. The Kier molecular flexibility index (Phi) is 8.83. The van der Waals surface area contributed by atoms with Gasteiger partial charge in [0.05, 0.1) is 11.9 Å². The summed E-state index contributed by atoms with van der Waals surface area (Å²) in [5.74, 6) is 0.981. The third-order valence-corrected chi connectivity index (χ3v) is 6.75. The molecule has 148 valence electrons. The lowest BCUT2D eigenvalue weighted by Crippen LogP contribution is -2.43. The molecular formula is C17H30N4O3S2. The molecule has 7 nitrogen and oxygen atoms in total. The number of rotatable bonds is 9. The quantitative estimate of drug-likeness (QED) is 0.430. The number of ether oxygens (including phenoxy) is 1. The summed E-state index contributed by atoms with van der Waals surface area (Å²) in [7, 11) is -1.65. The van der Waals surface area contributed by atoms with Crippen LogP contribution in [0, 0.1) is 0 Å². The van der Waals surface area contributed by atoms with E-state index >= 15 is 0 Å². The fraction of sp³-hybridized carbons (Fsp3) is 0.706. The molecule has 1 fully saturated rings. The van der Waals surface area contributed by atoms with Crippen molar-refractivity contribution < 1.29 is 13.2 Å². The number of nitrogens with one attached hydrogen (secondary N) is 3. The lowest BCUT2D eigenvalue weighted by Gasteiger charge is -2.22. The first-order chi connectivity index (χ1) is 12.5. The second kappa shape index (κ2) is 10.9. The second-order valence-electron chi connectivity index (χ2n) is 6.45. The predicted octanol–water partition coefficient (Wildman–Crippen LogP) is 1.51. The molecule has 2 rings (SSSR count). The molecule has 0 radical (unpaired) electrons. The number of thiophene rings is 1. The Morgan fingerprint density at radius 2 is 2.27 bits per heavy atom. The zero-order chi connectivity index (χ0) is 18.8. The molecule has 0 saturated carbocycles. The largest absolute Gasteiger partial charge is 0.377 e. The van der Waals surface area contributed by atoms with Crippen LogP contribution in [0.2, 0.25) is 0 Å². The van der Waals surface area contributed by atoms with Gasteiger partial charge in [0.15, 0.2) is 5.96 Å². The summed E-state index contributed by atoms with van der Waals surface area (Å²) >= 11 is 1.73. The van der Waals surface area contributed by atoms with Crippen LogP contribution in [-0.4, -0.2) is 59.5 Å². The van der Waals surface area contributed by atoms with Gasteiger partial charge in [0, 0.05) is 44.1 Å². The zero-order valence-corrected chi connectivity index (χ0v) is 17.2. The van der Waals surface area contributed by atoms with Gasteiger partial charge in [0.25, 0.3) is 0 Å². The molecule has 26 heavy (non-hydrogen) atoms. The van der Waals surface area contributed by atoms with E-state index in [4.69, 9.17) is 4.74 Å². The van der Waals surface area contributed by atoms with E-state index in [0.717, 1.165) is 32.4 Å². The topological polar surface area (TPSA) is 91.8 Å². The van der Waals surface area contributed by atoms with E-state index in [-0.39, 0.29) is 11.9 Å². The Morgan fingerprint density at radius 1 is 1.42 bits per heavy atom. The van der Waals surface area contributed by atoms with Crippen LogP contribution in [0.4, 0.5) is 0 Å². The van der Waals surface area contributed by atoms with E-state index < -0.39 is 10.0 Å². The van der Waals surface area contributed by atoms with E-state index in [2.05, 4.69) is 38.7 Å². The number of guanidine groups is 1. The van der Waals surface area contributed by atoms with Crippen molar-refractivity contribution in [3.05, 3.63) is 22.4 Å². The maximum atomic E-state index is 12.1. The Labute approximate surface area is 160 Å². The SMILES string of the molecule is CN=C(NCCS(=O)(=O)NCC1CCCCO1)NCC(C)c1cccs1. The molecule has 0 aromatic carbocycles. The van der Waals surface area contributed by atoms with Crippen LogP contribution >= 0.6 is 11.3 Å². The molecule has 1 aromatic rings. The van der Waals surface area contributed by atoms with Crippen LogP contribution in [0.15, 0.2) is 22.5 Å². The average Bonchev–Trinajstić information content (AvgIpc) is 3.18. The summed E-state index contributed by atoms with van der Waals surface area (Å²) in [5, 5.41) is 8.36. The van der Waals surface area contributed by atoms with Gasteiger partial charge in [-0.15, -0.1) is 11.3 Å². The van der Waals surface area contributed by atoms with Crippen LogP contribution in [0.5, 0.6) is 0 Å². The second-order valence-corrected chi connectivity index (χ2v) is 9.36. The molecule has 9 heteroatoms. The molecule has 0 bridgehead atoms. The van der Waals surface area contributed by atoms with Crippen LogP contribution < -0.4 is 15.4 Å². The molecule has 0 spiro atoms. The highest BCUT2D eigenvalue weighted by atomic mass is 32.2. The summed E-state index contributed by atoms with van der Waals surface area (Å²) in [5.41, 5.74) is 0. The number of aliphatic imine (C=N–C) groups is 1. The Hall–Kier alpha value is -1.16. The van der Waals surface area contributed by atoms with Gasteiger partial charge in [0.1, 0.15) is 0 Å². The normalized spacial score (nSPS) is 19.9. The predicted molar refractivity (Wildman–Crippen MR) is 107 cm³/mol. The number of nitrogens with zero attached hydrogens (tertiary/aromatic N) is 1. The van der Waals surface area contributed by atoms with E-state index in [0.29, 0.717) is 25.0 Å². The lowest BCUT2D eigenvalue weighted by atomic mass is 10.1. The Bertz CT molecular complexity index is 641. The van der Waals surface area contributed by atoms with E-state index in [1.165, 1.54) is 4.88 Å². The van der Waals surface area contributed by atoms with Crippen molar-refractivity contribution in [1.82, 2.24) is 15.4 Å². The van der Waals surface area contributed by atoms with Crippen molar-refractivity contribution in [1.29, 1.82) is 0 Å². The van der Waals surface area contributed by atoms with Crippen molar-refractivity contribution in [2.45, 2.75) is 38.2 Å². The smallest absolute Gasteiger partial charge is 0.213 e. The van der Waals surface area contributed by atoms with Crippen molar-refractivity contribution >= 4 is 27.3 Å². The number of hydrogen-bond acceptors (Lipinski definition) is 5. The highest BCUT2D eigenvalue weighted by Crippen LogP contribution is 2.19. The summed E-state index contributed by atoms with van der Waals surface area (Å²) in [6.45, 7) is 4.26. The highest BCUT2D eigenvalue weighted by Gasteiger charge is 2.17. The minimum atomic E-state index is -3.33. The van der Waals surface area contributed by atoms with Crippen LogP contribution in [0.3, 0.4) is 0 Å². The first kappa shape index (κ1) is 21.1. The fourth-order valence-corrected chi connectivity index (χ4v) is 4.45. The lowest BCUT2D eigenvalue weighted by molar-refractivity contribution is 0.0200. The summed E-state index contributed by atoms with van der Waals surface area (Å²) in [6.07, 6.45) is 3.07. The van der Waals surface area contributed by atoms with Gasteiger partial charge in [-0.05, 0) is 30.7 Å². The maximum Gasteiger partial charge on any atom is 0.213 e. The molecule has 1 aliphatic heterocycles. The van der Waals surface area contributed by atoms with Gasteiger partial charge in [-0.3, -0.25) is 4.99 Å². The van der Waals surface area contributed by atoms with Crippen LogP contribution in [-0.2, 0) is 14.8 Å². The number of hydrogen-bond donors (Lipinski definition) is 3. The molecule has 2 unspecified atom stereocenters. The van der Waals surface area contributed by atoms with Crippen molar-refractivity contribution in [3.63, 3.8) is 0 Å². The van der Waals surface area contributed by atoms with Gasteiger partial charge < -0.3 is 15.4 Å². The highest BCUT2D eigenvalue weighted by molar-refractivity contribution is 7.89. The third kappa shape index (κ3) is 7.61. The van der Waals surface area contributed by atoms with Gasteiger partial charge in [-0.25, -0.2) is 13.1 Å². The molecule has 2 heterocycles. The summed E-state index contributed by atoms with van der Waals surface area (Å²) < 4.78 is 32.4. The van der Waals surface area contributed by atoms with E-state index in [1.807, 2.05) is 6.07 Å². The van der Waals surface area contributed by atoms with E-state index in [1.54, 1.807) is 18.4 Å². The molecule has 0 aliphatic carbocycles. The minimum absolute atomic E-state index is 0.000319. The van der Waals surface area contributed by atoms with Crippen molar-refractivity contribution in [2.75, 3.05) is 39.0 Å². The summed E-state index contributed by atoms with van der Waals surface area (Å²) in [4.78, 5) is 5.45. The van der Waals surface area contributed by atoms with Gasteiger partial charge in [0.2, 0.25) is 10.0 Å². The molecule has 0 amide bonds. The van der Waals surface area contributed by atoms with Crippen LogP contribution in [0.25, 0.3) is 0 Å². The van der Waals surface area contributed by atoms with Crippen LogP contribution in [0.1, 0.15) is 37.0 Å². The molecule has 2 atom stereocenters. The molecular weight excluding hydrogens is 372 g/mol. The Balaban J connectivity index is 1.65. The van der Waals surface area contributed by atoms with Gasteiger partial charge in [-0.1, -0.05) is 13.0 Å². The summed E-state index contributed by atoms with van der Waals surface area (Å²) in [6, 6.07) is 4.15. The monoisotopic (exact) mass is 402 g/mol. The molecule has 3 N–H and O–H groups in total. The zero-order valence-electron chi connectivity index (χ0n) is 15.5. The maximum absolute atomic E-state index is 12.1. The standard InChI is InChI=1S/C17H30N4O3S2/c1-14(16-7-5-10-25-16)12-20-17(18-2)19-8-11-26(22,23)21-13-15-6-3-4-9-24-15/h5,7,10,14-15,21H,3-4,6,8-9,11-13H2,1-2H3,(H2,18,19,20). The first-order valence-corrected chi connectivity index (χ1v) is 11.6. The van der Waals surface area contributed by atoms with Gasteiger partial charge in [-0.2, -0.15) is 0 Å². The Morgan fingerprint density at radius 3 is 2.92 bits per heavy atom.